The van der Waals surface area contributed by atoms with Crippen LogP contribution in [0.2, 0.25) is 0 Å². The second kappa shape index (κ2) is 7.35. The molecule has 0 radical (unpaired) electrons. The lowest BCUT2D eigenvalue weighted by atomic mass is 9.97. The van der Waals surface area contributed by atoms with Crippen molar-refractivity contribution in [2.75, 3.05) is 12.3 Å². The molecule has 1 aliphatic rings. The highest BCUT2D eigenvalue weighted by atomic mass is 32.2. The number of hydrogen-bond donors (Lipinski definition) is 3. The number of aryl methyl sites for hydroxylation is 2. The molecule has 128 valence electrons. The van der Waals surface area contributed by atoms with Gasteiger partial charge in [-0.2, -0.15) is 0 Å². The second-order valence-corrected chi connectivity index (χ2v) is 7.64. The van der Waals surface area contributed by atoms with Crippen LogP contribution < -0.4 is 10.9 Å². The van der Waals surface area contributed by atoms with Crippen LogP contribution in [0.25, 0.3) is 10.2 Å². The van der Waals surface area contributed by atoms with E-state index in [4.69, 9.17) is 5.11 Å². The molecule has 2 aromatic heterocycles. The quantitative estimate of drug-likeness (QED) is 0.709. The number of rotatable bonds is 6. The monoisotopic (exact) mass is 367 g/mol. The van der Waals surface area contributed by atoms with Crippen LogP contribution in [-0.2, 0) is 28.2 Å². The third kappa shape index (κ3) is 3.78. The van der Waals surface area contributed by atoms with Crippen molar-refractivity contribution in [1.29, 1.82) is 0 Å². The molecule has 0 unspecified atom stereocenters. The van der Waals surface area contributed by atoms with E-state index in [1.54, 1.807) is 11.3 Å². The summed E-state index contributed by atoms with van der Waals surface area (Å²) in [6.07, 6.45) is 4.23. The van der Waals surface area contributed by atoms with Gasteiger partial charge in [-0.05, 0) is 31.2 Å². The average molecular weight is 367 g/mol. The molecular formula is C15H17N3O4S2. The predicted octanol–water partition coefficient (Wildman–Crippen LogP) is 1.30. The van der Waals surface area contributed by atoms with Crippen molar-refractivity contribution >= 4 is 45.2 Å². The van der Waals surface area contributed by atoms with Crippen LogP contribution in [0, 0.1) is 0 Å². The Bertz CT molecular complexity index is 843. The number of carboxylic acid groups (broad SMARTS) is 1. The van der Waals surface area contributed by atoms with E-state index < -0.39 is 5.97 Å². The van der Waals surface area contributed by atoms with Gasteiger partial charge >= 0.3 is 5.97 Å². The molecule has 0 spiro atoms. The molecule has 0 atom stereocenters. The van der Waals surface area contributed by atoms with E-state index in [1.807, 2.05) is 0 Å². The average Bonchev–Trinajstić information content (AvgIpc) is 2.91. The number of amides is 1. The number of aliphatic carboxylic acids is 1. The minimum atomic E-state index is -1.08. The third-order valence-corrected chi connectivity index (χ3v) is 5.91. The molecule has 1 aliphatic carbocycles. The van der Waals surface area contributed by atoms with E-state index in [9.17, 15) is 14.4 Å². The molecule has 3 rings (SSSR count). The maximum atomic E-state index is 12.4. The van der Waals surface area contributed by atoms with Crippen molar-refractivity contribution in [1.82, 2.24) is 15.3 Å². The van der Waals surface area contributed by atoms with Gasteiger partial charge in [0.05, 0.1) is 16.9 Å². The first-order valence-corrected chi connectivity index (χ1v) is 9.61. The topological polar surface area (TPSA) is 112 Å². The van der Waals surface area contributed by atoms with Gasteiger partial charge in [-0.25, -0.2) is 4.98 Å². The van der Waals surface area contributed by atoms with Crippen LogP contribution in [-0.4, -0.2) is 39.2 Å². The number of thiophene rings is 1. The summed E-state index contributed by atoms with van der Waals surface area (Å²) in [6.45, 7) is -0.388. The summed E-state index contributed by atoms with van der Waals surface area (Å²) in [7, 11) is 0. The summed E-state index contributed by atoms with van der Waals surface area (Å²) in [4.78, 5) is 43.6. The van der Waals surface area contributed by atoms with Gasteiger partial charge in [0.2, 0.25) is 5.91 Å². The van der Waals surface area contributed by atoms with Crippen molar-refractivity contribution in [3.05, 3.63) is 26.6 Å². The molecule has 0 bridgehead atoms. The first-order chi connectivity index (χ1) is 11.5. The number of H-pyrrole nitrogens is 1. The summed E-state index contributed by atoms with van der Waals surface area (Å²) in [5.41, 5.74) is 1.05. The zero-order valence-corrected chi connectivity index (χ0v) is 14.5. The molecule has 0 saturated heterocycles. The Morgan fingerprint density at radius 2 is 2.12 bits per heavy atom. The molecule has 0 saturated carbocycles. The number of nitrogens with zero attached hydrogens (tertiary/aromatic N) is 1. The van der Waals surface area contributed by atoms with Crippen molar-refractivity contribution in [2.45, 2.75) is 31.4 Å². The Balaban J connectivity index is 1.67. The predicted molar refractivity (Wildman–Crippen MR) is 93.7 cm³/mol. The number of fused-ring (bicyclic) bond motifs is 3. The number of aromatic nitrogens is 2. The Morgan fingerprint density at radius 3 is 2.92 bits per heavy atom. The lowest BCUT2D eigenvalue weighted by Gasteiger charge is -2.09. The fraction of sp³-hybridized carbons (Fsp3) is 0.467. The Kier molecular flexibility index (Phi) is 5.20. The largest absolute Gasteiger partial charge is 0.480 e. The highest BCUT2D eigenvalue weighted by Gasteiger charge is 2.19. The van der Waals surface area contributed by atoms with Crippen LogP contribution in [0.5, 0.6) is 0 Å². The number of thioether (sulfide) groups is 1. The molecule has 1 amide bonds. The molecule has 0 fully saturated rings. The normalized spacial score (nSPS) is 13.7. The standard InChI is InChI=1S/C15H17N3O4S2/c19-11(16-5-12(20)21)7-23-6-10-17-14(22)13-8-3-1-2-4-9(8)24-15(13)18-10/h1-7H2,(H,16,19)(H,20,21)(H,17,18,22). The van der Waals surface area contributed by atoms with Crippen LogP contribution in [0.1, 0.15) is 29.1 Å². The third-order valence-electron chi connectivity index (χ3n) is 3.78. The summed E-state index contributed by atoms with van der Waals surface area (Å²) in [5.74, 6) is -0.365. The molecular weight excluding hydrogens is 350 g/mol. The van der Waals surface area contributed by atoms with Gasteiger partial charge in [-0.15, -0.1) is 23.1 Å². The Morgan fingerprint density at radius 1 is 1.33 bits per heavy atom. The first-order valence-electron chi connectivity index (χ1n) is 7.64. The molecule has 0 aromatic carbocycles. The summed E-state index contributed by atoms with van der Waals surface area (Å²) in [6, 6.07) is 0. The minimum absolute atomic E-state index is 0.106. The van der Waals surface area contributed by atoms with E-state index in [2.05, 4.69) is 15.3 Å². The van der Waals surface area contributed by atoms with Crippen LogP contribution in [0.15, 0.2) is 4.79 Å². The van der Waals surface area contributed by atoms with Gasteiger partial charge in [-0.1, -0.05) is 0 Å². The van der Waals surface area contributed by atoms with Gasteiger partial charge < -0.3 is 15.4 Å². The highest BCUT2D eigenvalue weighted by molar-refractivity contribution is 7.99. The molecule has 2 aromatic rings. The fourth-order valence-corrected chi connectivity index (χ4v) is 4.74. The number of nitrogens with one attached hydrogen (secondary N) is 2. The summed E-state index contributed by atoms with van der Waals surface area (Å²) in [5, 5.41) is 11.5. The van der Waals surface area contributed by atoms with Crippen molar-refractivity contribution in [3.8, 4) is 0 Å². The SMILES string of the molecule is O=C(O)CNC(=O)CSCc1nc2sc3c(c2c(=O)[nH]1)CCCC3. The van der Waals surface area contributed by atoms with Crippen molar-refractivity contribution in [2.24, 2.45) is 0 Å². The maximum Gasteiger partial charge on any atom is 0.322 e. The number of aromatic amines is 1. The van der Waals surface area contributed by atoms with Gasteiger partial charge in [0.15, 0.2) is 0 Å². The highest BCUT2D eigenvalue weighted by Crippen LogP contribution is 2.33. The molecule has 9 heteroatoms. The molecule has 7 nitrogen and oxygen atoms in total. The van der Waals surface area contributed by atoms with Gasteiger partial charge in [0, 0.05) is 4.88 Å². The van der Waals surface area contributed by atoms with Crippen molar-refractivity contribution < 1.29 is 14.7 Å². The lowest BCUT2D eigenvalue weighted by molar-refractivity contribution is -0.137. The number of carbonyl (C=O) groups excluding carboxylic acids is 1. The zero-order valence-electron chi connectivity index (χ0n) is 12.9. The van der Waals surface area contributed by atoms with Crippen LogP contribution in [0.3, 0.4) is 0 Å². The number of carbonyl (C=O) groups is 2. The van der Waals surface area contributed by atoms with Crippen LogP contribution >= 0.6 is 23.1 Å². The lowest BCUT2D eigenvalue weighted by Crippen LogP contribution is -2.30. The molecule has 2 heterocycles. The number of carboxylic acids is 1. The molecule has 3 N–H and O–H groups in total. The fourth-order valence-electron chi connectivity index (χ4n) is 2.74. The van der Waals surface area contributed by atoms with E-state index in [1.165, 1.54) is 16.6 Å². The summed E-state index contributed by atoms with van der Waals surface area (Å²) < 4.78 is 0. The Hall–Kier alpha value is -1.87. The molecule has 24 heavy (non-hydrogen) atoms. The van der Waals surface area contributed by atoms with Gasteiger partial charge in [-0.3, -0.25) is 14.4 Å². The van der Waals surface area contributed by atoms with E-state index in [0.29, 0.717) is 11.6 Å². The number of hydrogen-bond acceptors (Lipinski definition) is 6. The zero-order chi connectivity index (χ0) is 17.1. The van der Waals surface area contributed by atoms with Gasteiger partial charge in [0.25, 0.3) is 5.56 Å². The maximum absolute atomic E-state index is 12.4. The van der Waals surface area contributed by atoms with E-state index in [0.717, 1.165) is 41.5 Å². The minimum Gasteiger partial charge on any atom is -0.480 e. The van der Waals surface area contributed by atoms with E-state index in [-0.39, 0.29) is 23.8 Å². The van der Waals surface area contributed by atoms with Crippen molar-refractivity contribution in [3.63, 3.8) is 0 Å². The summed E-state index contributed by atoms with van der Waals surface area (Å²) >= 11 is 2.88. The molecule has 0 aliphatic heterocycles. The first kappa shape index (κ1) is 17.0. The van der Waals surface area contributed by atoms with Gasteiger partial charge in [0.1, 0.15) is 17.2 Å². The van der Waals surface area contributed by atoms with Crippen LogP contribution in [0.4, 0.5) is 0 Å². The second-order valence-electron chi connectivity index (χ2n) is 5.57. The van der Waals surface area contributed by atoms with E-state index >= 15 is 0 Å². The smallest absolute Gasteiger partial charge is 0.322 e. The Labute approximate surface area is 145 Å².